The average Bonchev–Trinajstić information content (AvgIpc) is 3.31. The number of aromatic nitrogens is 4. The summed E-state index contributed by atoms with van der Waals surface area (Å²) in [7, 11) is 1.39. The summed E-state index contributed by atoms with van der Waals surface area (Å²) >= 11 is 0. The minimum absolute atomic E-state index is 0.0995. The number of aliphatic hydroxyl groups is 5. The van der Waals surface area contributed by atoms with Gasteiger partial charge in [-0.1, -0.05) is 0 Å². The van der Waals surface area contributed by atoms with Gasteiger partial charge in [-0.05, 0) is 13.0 Å². The normalized spacial score (nSPS) is 31.8. The fourth-order valence-electron chi connectivity index (χ4n) is 3.84. The fraction of sp³-hybridized carbons (Fsp3) is 0.600. The zero-order valence-electron chi connectivity index (χ0n) is 19.5. The van der Waals surface area contributed by atoms with E-state index in [1.807, 2.05) is 0 Å². The van der Waals surface area contributed by atoms with Crippen LogP contribution in [0.1, 0.15) is 18.0 Å². The van der Waals surface area contributed by atoms with Gasteiger partial charge in [0.15, 0.2) is 12.5 Å². The maximum Gasteiger partial charge on any atom is 0.351 e. The Morgan fingerprint density at radius 2 is 1.53 bits per heavy atom. The van der Waals surface area contributed by atoms with Crippen LogP contribution in [0.25, 0.3) is 0 Å². The first-order valence-electron chi connectivity index (χ1n) is 10.8. The van der Waals surface area contributed by atoms with E-state index in [9.17, 15) is 24.9 Å². The van der Waals surface area contributed by atoms with E-state index in [2.05, 4.69) is 9.97 Å². The highest BCUT2D eigenvalue weighted by atomic mass is 16.6. The average molecular weight is 514 g/mol. The van der Waals surface area contributed by atoms with Gasteiger partial charge in [-0.15, -0.1) is 0 Å². The summed E-state index contributed by atoms with van der Waals surface area (Å²) < 4.78 is 17.9. The van der Waals surface area contributed by atoms with Crippen molar-refractivity contribution in [1.82, 2.24) is 19.1 Å². The molecular formula is C20H30N6O10. The standard InChI is InChI=1S/2C10H15N3O5/c1-4-2-13(10(17)12-8(4)11)9-7(16)6(15)5(3-14)18-9;1-17-8-7(15)5(4-14)18-9(8)13-3-2-6(11)12-10(13)16/h2,5-7,9,14-16H,3H2,1H3,(H2,11,12,17);2-3,5,7-9,14-15H,4H2,1H3,(H2,11,12,16)/t5-,6+,7?,9-;5-,7+,8?,9-/m11/s1. The number of ether oxygens (including phenoxy) is 3. The first-order chi connectivity index (χ1) is 17.0. The first kappa shape index (κ1) is 27.6. The molecule has 0 aromatic carbocycles. The summed E-state index contributed by atoms with van der Waals surface area (Å²) in [5, 5.41) is 47.3. The lowest BCUT2D eigenvalue weighted by Crippen LogP contribution is -2.37. The van der Waals surface area contributed by atoms with Crippen LogP contribution in [-0.4, -0.2) is 102 Å². The number of methoxy groups -OCH3 is 1. The van der Waals surface area contributed by atoms with Gasteiger partial charge < -0.3 is 51.2 Å². The van der Waals surface area contributed by atoms with Crippen molar-refractivity contribution >= 4 is 11.6 Å². The molecule has 0 saturated carbocycles. The lowest BCUT2D eigenvalue weighted by Gasteiger charge is -2.20. The molecule has 2 saturated heterocycles. The summed E-state index contributed by atoms with van der Waals surface area (Å²) in [6, 6.07) is 1.44. The van der Waals surface area contributed by atoms with Crippen molar-refractivity contribution in [2.75, 3.05) is 31.8 Å². The third-order valence-electron chi connectivity index (χ3n) is 5.86. The molecule has 2 aromatic rings. The largest absolute Gasteiger partial charge is 0.394 e. The predicted octanol–water partition coefficient (Wildman–Crippen LogP) is -4.16. The molecule has 0 aliphatic carbocycles. The van der Waals surface area contributed by atoms with Crippen LogP contribution in [0.15, 0.2) is 28.0 Å². The monoisotopic (exact) mass is 514 g/mol. The van der Waals surface area contributed by atoms with E-state index < -0.39 is 67.1 Å². The number of nitrogen functional groups attached to an aromatic ring is 2. The summed E-state index contributed by atoms with van der Waals surface area (Å²) in [6.45, 7) is 0.832. The lowest BCUT2D eigenvalue weighted by atomic mass is 10.1. The maximum atomic E-state index is 11.7. The van der Waals surface area contributed by atoms with E-state index in [1.54, 1.807) is 6.92 Å². The highest BCUT2D eigenvalue weighted by molar-refractivity contribution is 5.35. The molecule has 4 rings (SSSR count). The van der Waals surface area contributed by atoms with Crippen molar-refractivity contribution in [3.05, 3.63) is 45.0 Å². The van der Waals surface area contributed by atoms with Gasteiger partial charge in [0.1, 0.15) is 48.3 Å². The van der Waals surface area contributed by atoms with Crippen molar-refractivity contribution in [3.63, 3.8) is 0 Å². The zero-order valence-corrected chi connectivity index (χ0v) is 19.5. The van der Waals surface area contributed by atoms with Gasteiger partial charge in [0.05, 0.1) is 13.2 Å². The van der Waals surface area contributed by atoms with E-state index in [4.69, 9.17) is 35.9 Å². The molecule has 200 valence electrons. The molecule has 2 fully saturated rings. The van der Waals surface area contributed by atoms with Crippen LogP contribution in [0.3, 0.4) is 0 Å². The number of nitrogens with zero attached hydrogens (tertiary/aromatic N) is 4. The highest BCUT2D eigenvalue weighted by Gasteiger charge is 2.45. The van der Waals surface area contributed by atoms with Crippen molar-refractivity contribution in [1.29, 1.82) is 0 Å². The summed E-state index contributed by atoms with van der Waals surface area (Å²) in [5.74, 6) is 0.200. The highest BCUT2D eigenvalue weighted by Crippen LogP contribution is 2.30. The quantitative estimate of drug-likeness (QED) is 0.200. The van der Waals surface area contributed by atoms with Crippen LogP contribution in [0.5, 0.6) is 0 Å². The maximum absolute atomic E-state index is 11.7. The lowest BCUT2D eigenvalue weighted by molar-refractivity contribution is -0.0624. The van der Waals surface area contributed by atoms with Crippen molar-refractivity contribution in [2.24, 2.45) is 0 Å². The molecule has 4 heterocycles. The third kappa shape index (κ3) is 5.40. The number of rotatable bonds is 5. The number of aliphatic hydroxyl groups excluding tert-OH is 5. The fourth-order valence-corrected chi connectivity index (χ4v) is 3.84. The van der Waals surface area contributed by atoms with Gasteiger partial charge in [0.2, 0.25) is 0 Å². The van der Waals surface area contributed by atoms with Crippen LogP contribution in [0, 0.1) is 6.92 Å². The van der Waals surface area contributed by atoms with Gasteiger partial charge in [0.25, 0.3) is 0 Å². The van der Waals surface area contributed by atoms with Crippen molar-refractivity contribution in [2.45, 2.75) is 56.0 Å². The minimum atomic E-state index is -1.32. The molecule has 0 bridgehead atoms. The molecule has 8 atom stereocenters. The molecule has 36 heavy (non-hydrogen) atoms. The van der Waals surface area contributed by atoms with Crippen LogP contribution in [0.2, 0.25) is 0 Å². The molecule has 2 unspecified atom stereocenters. The van der Waals surface area contributed by atoms with Gasteiger partial charge >= 0.3 is 11.4 Å². The molecule has 2 aliphatic heterocycles. The number of aryl methyl sites for hydroxylation is 1. The smallest absolute Gasteiger partial charge is 0.351 e. The Hall–Kier alpha value is -2.96. The Bertz CT molecular complexity index is 1160. The van der Waals surface area contributed by atoms with Crippen molar-refractivity contribution in [3.8, 4) is 0 Å². The van der Waals surface area contributed by atoms with Gasteiger partial charge in [-0.3, -0.25) is 9.13 Å². The molecule has 2 aromatic heterocycles. The summed E-state index contributed by atoms with van der Waals surface area (Å²) in [4.78, 5) is 30.5. The Balaban J connectivity index is 0.000000201. The molecule has 16 heteroatoms. The predicted molar refractivity (Wildman–Crippen MR) is 121 cm³/mol. The van der Waals surface area contributed by atoms with E-state index in [1.165, 1.54) is 30.1 Å². The Labute approximate surface area is 203 Å². The third-order valence-corrected chi connectivity index (χ3v) is 5.86. The van der Waals surface area contributed by atoms with Gasteiger partial charge in [0, 0.05) is 25.1 Å². The topological polar surface area (TPSA) is 251 Å². The Morgan fingerprint density at radius 1 is 0.944 bits per heavy atom. The summed E-state index contributed by atoms with van der Waals surface area (Å²) in [6.07, 6.45) is -5.22. The zero-order chi connectivity index (χ0) is 26.7. The van der Waals surface area contributed by atoms with Crippen LogP contribution in [0.4, 0.5) is 11.6 Å². The molecular weight excluding hydrogens is 484 g/mol. The molecule has 0 spiro atoms. The number of anilines is 2. The molecule has 16 nitrogen and oxygen atoms in total. The van der Waals surface area contributed by atoms with E-state index in [0.29, 0.717) is 5.56 Å². The second kappa shape index (κ2) is 11.4. The minimum Gasteiger partial charge on any atom is -0.394 e. The van der Waals surface area contributed by atoms with E-state index in [-0.39, 0.29) is 18.2 Å². The van der Waals surface area contributed by atoms with Crippen molar-refractivity contribution < 1.29 is 39.7 Å². The SMILES string of the molecule is COC1[C@@H](O)[C@@H](CO)O[C@H]1n1ccc(N)nc1=O.Cc1cn([C@@H]2O[C@H](CO)[C@H](O)C2O)c(=O)nc1N. The molecule has 2 aliphatic rings. The van der Waals surface area contributed by atoms with Crippen LogP contribution < -0.4 is 22.8 Å². The number of nitrogens with two attached hydrogens (primary N) is 2. The number of hydrogen-bond acceptors (Lipinski definition) is 14. The first-order valence-corrected chi connectivity index (χ1v) is 10.8. The Kier molecular flexibility index (Phi) is 8.75. The second-order valence-electron chi connectivity index (χ2n) is 8.21. The Morgan fingerprint density at radius 3 is 2.08 bits per heavy atom. The van der Waals surface area contributed by atoms with E-state index >= 15 is 0 Å². The molecule has 0 amide bonds. The van der Waals surface area contributed by atoms with Crippen LogP contribution >= 0.6 is 0 Å². The van der Waals surface area contributed by atoms with Gasteiger partial charge in [-0.2, -0.15) is 9.97 Å². The number of hydrogen-bond donors (Lipinski definition) is 7. The van der Waals surface area contributed by atoms with E-state index in [0.717, 1.165) is 4.57 Å². The molecule has 9 N–H and O–H groups in total. The van der Waals surface area contributed by atoms with Crippen LogP contribution in [-0.2, 0) is 14.2 Å². The molecule has 0 radical (unpaired) electrons. The summed E-state index contributed by atoms with van der Waals surface area (Å²) in [5.41, 5.74) is 10.1. The van der Waals surface area contributed by atoms with Gasteiger partial charge in [-0.25, -0.2) is 9.59 Å². The second-order valence-corrected chi connectivity index (χ2v) is 8.21.